The maximum Gasteiger partial charge on any atom is 0.256 e. The topological polar surface area (TPSA) is 58.7 Å². The number of amides is 1. The van der Waals surface area contributed by atoms with E-state index in [9.17, 15) is 4.79 Å². The molecule has 2 rings (SSSR count). The van der Waals surface area contributed by atoms with Gasteiger partial charge >= 0.3 is 0 Å². The fraction of sp³-hybridized carbons (Fsp3) is 0.200. The number of rotatable bonds is 0. The van der Waals surface area contributed by atoms with Gasteiger partial charge in [0.15, 0.2) is 0 Å². The predicted octanol–water partition coefficient (Wildman–Crippen LogP) is 0.761. The number of carbonyl (C=O) groups excluding carboxylic acids is 1. The third-order valence-corrected chi connectivity index (χ3v) is 2.14. The van der Waals surface area contributed by atoms with Gasteiger partial charge in [-0.25, -0.2) is 4.99 Å². The van der Waals surface area contributed by atoms with Crippen molar-refractivity contribution in [3.05, 3.63) is 29.8 Å². The van der Waals surface area contributed by atoms with E-state index in [2.05, 4.69) is 4.99 Å². The molecular weight excluding hydrogens is 178 g/mol. The number of benzene rings is 1. The Bertz CT molecular complexity index is 412. The van der Waals surface area contributed by atoms with Crippen molar-refractivity contribution in [2.75, 3.05) is 13.6 Å². The quantitative estimate of drug-likeness (QED) is 0.655. The lowest BCUT2D eigenvalue weighted by Gasteiger charge is -2.13. The lowest BCUT2D eigenvalue weighted by atomic mass is 10.1. The molecule has 0 atom stereocenters. The first-order chi connectivity index (χ1) is 6.68. The molecule has 1 aromatic carbocycles. The fourth-order valence-corrected chi connectivity index (χ4v) is 1.46. The molecule has 0 unspecified atom stereocenters. The number of carbonyl (C=O) groups is 1. The summed E-state index contributed by atoms with van der Waals surface area (Å²) >= 11 is 0. The molecule has 4 nitrogen and oxygen atoms in total. The zero-order chi connectivity index (χ0) is 10.1. The molecule has 0 aromatic heterocycles. The maximum absolute atomic E-state index is 11.8. The Kier molecular flexibility index (Phi) is 1.96. The van der Waals surface area contributed by atoms with Gasteiger partial charge in [0.25, 0.3) is 5.91 Å². The van der Waals surface area contributed by atoms with Gasteiger partial charge < -0.3 is 10.6 Å². The van der Waals surface area contributed by atoms with Gasteiger partial charge in [0.1, 0.15) is 5.84 Å². The molecule has 14 heavy (non-hydrogen) atoms. The number of nitrogens with two attached hydrogens (primary N) is 1. The van der Waals surface area contributed by atoms with E-state index in [-0.39, 0.29) is 5.91 Å². The van der Waals surface area contributed by atoms with E-state index in [1.807, 2.05) is 12.1 Å². The van der Waals surface area contributed by atoms with Crippen LogP contribution in [0.1, 0.15) is 10.4 Å². The van der Waals surface area contributed by atoms with E-state index in [1.54, 1.807) is 24.1 Å². The van der Waals surface area contributed by atoms with Crippen LogP contribution in [0.3, 0.4) is 0 Å². The highest BCUT2D eigenvalue weighted by Gasteiger charge is 2.19. The van der Waals surface area contributed by atoms with Gasteiger partial charge in [0, 0.05) is 7.05 Å². The summed E-state index contributed by atoms with van der Waals surface area (Å²) in [6.45, 7) is 0.382. The SMILES string of the molecule is CN1CC(N)=Nc2ccccc2C1=O. The number of likely N-dealkylation sites (N-methyl/N-ethyl adjacent to an activating group) is 1. The third-order valence-electron chi connectivity index (χ3n) is 2.14. The van der Waals surface area contributed by atoms with Gasteiger partial charge in [-0.2, -0.15) is 0 Å². The van der Waals surface area contributed by atoms with Crippen LogP contribution < -0.4 is 5.73 Å². The van der Waals surface area contributed by atoms with E-state index in [1.165, 1.54) is 0 Å². The van der Waals surface area contributed by atoms with Crippen molar-refractivity contribution in [3.63, 3.8) is 0 Å². The zero-order valence-corrected chi connectivity index (χ0v) is 7.90. The minimum Gasteiger partial charge on any atom is -0.386 e. The summed E-state index contributed by atoms with van der Waals surface area (Å²) in [7, 11) is 1.72. The Morgan fingerprint density at radius 2 is 2.14 bits per heavy atom. The summed E-state index contributed by atoms with van der Waals surface area (Å²) < 4.78 is 0. The van der Waals surface area contributed by atoms with Crippen molar-refractivity contribution in [1.29, 1.82) is 0 Å². The summed E-state index contributed by atoms with van der Waals surface area (Å²) in [4.78, 5) is 17.5. The third kappa shape index (κ3) is 1.35. The van der Waals surface area contributed by atoms with E-state index in [0.29, 0.717) is 23.6 Å². The molecule has 0 saturated heterocycles. The van der Waals surface area contributed by atoms with E-state index in [0.717, 1.165) is 0 Å². The molecule has 2 N–H and O–H groups in total. The Labute approximate surface area is 82.0 Å². The number of nitrogens with zero attached hydrogens (tertiary/aromatic N) is 2. The van der Waals surface area contributed by atoms with Crippen LogP contribution in [0.2, 0.25) is 0 Å². The molecule has 0 aliphatic carbocycles. The minimum atomic E-state index is -0.0372. The van der Waals surface area contributed by atoms with Gasteiger partial charge in [-0.1, -0.05) is 12.1 Å². The fourth-order valence-electron chi connectivity index (χ4n) is 1.46. The summed E-state index contributed by atoms with van der Waals surface area (Å²) in [6.07, 6.45) is 0. The maximum atomic E-state index is 11.8. The molecule has 0 bridgehead atoms. The van der Waals surface area contributed by atoms with E-state index < -0.39 is 0 Å². The Morgan fingerprint density at radius 3 is 2.93 bits per heavy atom. The normalized spacial score (nSPS) is 15.9. The molecule has 1 heterocycles. The van der Waals surface area contributed by atoms with E-state index in [4.69, 9.17) is 5.73 Å². The Balaban J connectivity index is 2.58. The highest BCUT2D eigenvalue weighted by atomic mass is 16.2. The van der Waals surface area contributed by atoms with Crippen molar-refractivity contribution in [1.82, 2.24) is 4.90 Å². The minimum absolute atomic E-state index is 0.0372. The van der Waals surface area contributed by atoms with Crippen LogP contribution >= 0.6 is 0 Å². The molecule has 1 aliphatic heterocycles. The standard InChI is InChI=1S/C10H11N3O/c1-13-6-9(11)12-8-5-3-2-4-7(8)10(13)14/h2-5H,6H2,1H3,(H2,11,12). The lowest BCUT2D eigenvalue weighted by Crippen LogP contribution is -2.33. The zero-order valence-electron chi connectivity index (χ0n) is 7.90. The highest BCUT2D eigenvalue weighted by Crippen LogP contribution is 2.21. The average molecular weight is 189 g/mol. The summed E-state index contributed by atoms with van der Waals surface area (Å²) in [5.74, 6) is 0.426. The predicted molar refractivity (Wildman–Crippen MR) is 54.7 cm³/mol. The molecule has 1 aromatic rings. The van der Waals surface area contributed by atoms with Gasteiger partial charge in [0.05, 0.1) is 17.8 Å². The summed E-state index contributed by atoms with van der Waals surface area (Å²) in [6, 6.07) is 7.21. The molecular formula is C10H11N3O. The first-order valence-corrected chi connectivity index (χ1v) is 4.36. The second-order valence-electron chi connectivity index (χ2n) is 3.28. The highest BCUT2D eigenvalue weighted by molar-refractivity contribution is 6.04. The monoisotopic (exact) mass is 189 g/mol. The van der Waals surface area contributed by atoms with Crippen molar-refractivity contribution >= 4 is 17.4 Å². The Morgan fingerprint density at radius 1 is 1.43 bits per heavy atom. The van der Waals surface area contributed by atoms with Crippen LogP contribution in [-0.2, 0) is 0 Å². The molecule has 1 aliphatic rings. The van der Waals surface area contributed by atoms with Crippen LogP contribution in [0.4, 0.5) is 5.69 Å². The van der Waals surface area contributed by atoms with Crippen LogP contribution in [0.5, 0.6) is 0 Å². The number of fused-ring (bicyclic) bond motifs is 1. The first-order valence-electron chi connectivity index (χ1n) is 4.36. The lowest BCUT2D eigenvalue weighted by molar-refractivity contribution is 0.0817. The molecule has 1 amide bonds. The Hall–Kier alpha value is -1.84. The van der Waals surface area contributed by atoms with E-state index >= 15 is 0 Å². The average Bonchev–Trinajstić information content (AvgIpc) is 2.26. The second kappa shape index (κ2) is 3.14. The van der Waals surface area contributed by atoms with Gasteiger partial charge in [-0.3, -0.25) is 4.79 Å². The largest absolute Gasteiger partial charge is 0.386 e. The molecule has 0 saturated carbocycles. The van der Waals surface area contributed by atoms with Crippen molar-refractivity contribution in [2.24, 2.45) is 10.7 Å². The first kappa shape index (κ1) is 8.74. The van der Waals surface area contributed by atoms with Crippen LogP contribution in [-0.4, -0.2) is 30.2 Å². The number of hydrogen-bond acceptors (Lipinski definition) is 3. The van der Waals surface area contributed by atoms with Crippen LogP contribution in [0.15, 0.2) is 29.3 Å². The van der Waals surface area contributed by atoms with Crippen molar-refractivity contribution in [3.8, 4) is 0 Å². The molecule has 4 heteroatoms. The van der Waals surface area contributed by atoms with Gasteiger partial charge in [0.2, 0.25) is 0 Å². The van der Waals surface area contributed by atoms with Crippen molar-refractivity contribution < 1.29 is 4.79 Å². The number of para-hydroxylation sites is 1. The summed E-state index contributed by atoms with van der Waals surface area (Å²) in [5.41, 5.74) is 6.92. The smallest absolute Gasteiger partial charge is 0.256 e. The van der Waals surface area contributed by atoms with Gasteiger partial charge in [-0.15, -0.1) is 0 Å². The molecule has 0 fully saturated rings. The molecule has 0 radical (unpaired) electrons. The molecule has 0 spiro atoms. The molecule has 72 valence electrons. The van der Waals surface area contributed by atoms with Gasteiger partial charge in [-0.05, 0) is 12.1 Å². The number of hydrogen-bond donors (Lipinski definition) is 1. The van der Waals surface area contributed by atoms with Crippen LogP contribution in [0, 0.1) is 0 Å². The summed E-state index contributed by atoms with van der Waals surface area (Å²) in [5, 5.41) is 0. The second-order valence-corrected chi connectivity index (χ2v) is 3.28. The van der Waals surface area contributed by atoms with Crippen molar-refractivity contribution in [2.45, 2.75) is 0 Å². The van der Waals surface area contributed by atoms with Crippen LogP contribution in [0.25, 0.3) is 0 Å². The number of amidine groups is 1. The number of aliphatic imine (C=N–C) groups is 1.